The summed E-state index contributed by atoms with van der Waals surface area (Å²) in [6, 6.07) is 0. The fourth-order valence-corrected chi connectivity index (χ4v) is 5.88. The van der Waals surface area contributed by atoms with Crippen LogP contribution >= 0.6 is 67.8 Å². The van der Waals surface area contributed by atoms with Gasteiger partial charge in [-0.1, -0.05) is 0 Å². The average molecular weight is 599 g/mol. The van der Waals surface area contributed by atoms with E-state index in [9.17, 15) is 14.4 Å². The van der Waals surface area contributed by atoms with Crippen LogP contribution in [0.5, 0.6) is 0 Å². The van der Waals surface area contributed by atoms with Crippen molar-refractivity contribution in [1.29, 1.82) is 0 Å². The van der Waals surface area contributed by atoms with Crippen LogP contribution in [0.25, 0.3) is 0 Å². The molecular formula is C10H8I3N3O3. The number of carbonyl (C=O) groups is 3. The number of amides is 3. The number of benzene rings is 1. The lowest BCUT2D eigenvalue weighted by Crippen LogP contribution is -2.24. The Kier molecular flexibility index (Phi) is 5.78. The lowest BCUT2D eigenvalue weighted by molar-refractivity contribution is -0.114. The Hall–Kier alpha value is -0.180. The molecule has 1 rings (SSSR count). The normalized spacial score (nSPS) is 10.1. The molecule has 3 amide bonds. The Bertz CT molecular complexity index is 560. The van der Waals surface area contributed by atoms with Crippen LogP contribution in [-0.2, 0) is 4.79 Å². The van der Waals surface area contributed by atoms with Crippen molar-refractivity contribution in [3.05, 3.63) is 21.8 Å². The molecule has 102 valence electrons. The molecule has 0 aromatic heterocycles. The molecule has 5 N–H and O–H groups in total. The second kappa shape index (κ2) is 6.51. The van der Waals surface area contributed by atoms with Gasteiger partial charge in [0, 0.05) is 10.5 Å². The Morgan fingerprint density at radius 2 is 1.26 bits per heavy atom. The number of hydrogen-bond acceptors (Lipinski definition) is 3. The lowest BCUT2D eigenvalue weighted by Gasteiger charge is -2.16. The first kappa shape index (κ1) is 16.9. The fraction of sp³-hybridized carbons (Fsp3) is 0.100. The first-order valence-corrected chi connectivity index (χ1v) is 7.99. The van der Waals surface area contributed by atoms with Crippen LogP contribution < -0.4 is 16.8 Å². The third kappa shape index (κ3) is 3.48. The van der Waals surface area contributed by atoms with E-state index in [4.69, 9.17) is 11.5 Å². The van der Waals surface area contributed by atoms with Gasteiger partial charge in [-0.05, 0) is 67.8 Å². The van der Waals surface area contributed by atoms with E-state index in [2.05, 4.69) is 5.32 Å². The zero-order valence-electron chi connectivity index (χ0n) is 9.51. The molecule has 0 spiro atoms. The van der Waals surface area contributed by atoms with Gasteiger partial charge in [0.05, 0.1) is 24.0 Å². The minimum atomic E-state index is -0.681. The SMILES string of the molecule is CC(=O)Nc1c(I)c(C(N)=O)c(I)c(C(N)=O)c1I. The number of anilines is 1. The highest BCUT2D eigenvalue weighted by Gasteiger charge is 2.25. The fourth-order valence-electron chi connectivity index (χ4n) is 1.38. The molecule has 0 heterocycles. The molecule has 0 aliphatic rings. The van der Waals surface area contributed by atoms with Crippen LogP contribution in [0.2, 0.25) is 0 Å². The molecule has 0 saturated heterocycles. The van der Waals surface area contributed by atoms with Gasteiger partial charge in [0.15, 0.2) is 0 Å². The van der Waals surface area contributed by atoms with Crippen molar-refractivity contribution in [3.8, 4) is 0 Å². The van der Waals surface area contributed by atoms with E-state index in [-0.39, 0.29) is 17.0 Å². The highest BCUT2D eigenvalue weighted by molar-refractivity contribution is 14.1. The molecule has 0 fully saturated rings. The Balaban J connectivity index is 3.79. The summed E-state index contributed by atoms with van der Waals surface area (Å²) in [4.78, 5) is 34.2. The number of primary amides is 2. The van der Waals surface area contributed by atoms with Gasteiger partial charge in [0.25, 0.3) is 11.8 Å². The lowest BCUT2D eigenvalue weighted by atomic mass is 10.1. The third-order valence-corrected chi connectivity index (χ3v) is 5.35. The van der Waals surface area contributed by atoms with E-state index < -0.39 is 11.8 Å². The molecule has 0 bridgehead atoms. The van der Waals surface area contributed by atoms with E-state index in [0.717, 1.165) is 0 Å². The van der Waals surface area contributed by atoms with Crippen LogP contribution in [0, 0.1) is 10.7 Å². The van der Waals surface area contributed by atoms with Crippen LogP contribution in [0.3, 0.4) is 0 Å². The largest absolute Gasteiger partial charge is 0.366 e. The van der Waals surface area contributed by atoms with Crippen molar-refractivity contribution < 1.29 is 14.4 Å². The zero-order valence-corrected chi connectivity index (χ0v) is 16.0. The number of hydrogen-bond donors (Lipinski definition) is 3. The van der Waals surface area contributed by atoms with Gasteiger partial charge in [-0.3, -0.25) is 14.4 Å². The highest BCUT2D eigenvalue weighted by atomic mass is 127. The predicted molar refractivity (Wildman–Crippen MR) is 95.9 cm³/mol. The maximum atomic E-state index is 11.5. The molecule has 0 saturated carbocycles. The summed E-state index contributed by atoms with van der Waals surface area (Å²) < 4.78 is 1.36. The zero-order chi connectivity index (χ0) is 14.9. The summed E-state index contributed by atoms with van der Waals surface area (Å²) in [5.41, 5.74) is 11.4. The van der Waals surface area contributed by atoms with E-state index in [1.54, 1.807) is 0 Å². The molecule has 0 atom stereocenters. The van der Waals surface area contributed by atoms with E-state index in [1.807, 2.05) is 67.8 Å². The standard InChI is InChI=1S/C10H8I3N3O3/c1-2(17)16-8-6(12)3(9(14)18)5(11)4(7(8)13)10(15)19/h1H3,(H2,14,18)(H2,15,19)(H,16,17). The van der Waals surface area contributed by atoms with Crippen LogP contribution in [0.1, 0.15) is 27.6 Å². The Morgan fingerprint density at radius 3 is 1.53 bits per heavy atom. The summed E-state index contributed by atoms with van der Waals surface area (Å²) in [6.07, 6.45) is 0. The molecule has 1 aromatic rings. The predicted octanol–water partition coefficient (Wildman–Crippen LogP) is 1.66. The molecule has 1 aromatic carbocycles. The smallest absolute Gasteiger partial charge is 0.250 e. The van der Waals surface area contributed by atoms with Crippen LogP contribution in [0.4, 0.5) is 5.69 Å². The number of carbonyl (C=O) groups excluding carboxylic acids is 3. The van der Waals surface area contributed by atoms with Gasteiger partial charge in [-0.15, -0.1) is 0 Å². The number of nitrogens with two attached hydrogens (primary N) is 2. The van der Waals surface area contributed by atoms with Crippen molar-refractivity contribution in [3.63, 3.8) is 0 Å². The minimum absolute atomic E-state index is 0.180. The van der Waals surface area contributed by atoms with Gasteiger partial charge >= 0.3 is 0 Å². The van der Waals surface area contributed by atoms with E-state index in [0.29, 0.717) is 16.4 Å². The molecule has 0 radical (unpaired) electrons. The quantitative estimate of drug-likeness (QED) is 0.460. The summed E-state index contributed by atoms with van der Waals surface area (Å²) in [5.74, 6) is -1.68. The summed E-state index contributed by atoms with van der Waals surface area (Å²) in [7, 11) is 0. The van der Waals surface area contributed by atoms with Crippen LogP contribution in [-0.4, -0.2) is 17.7 Å². The highest BCUT2D eigenvalue weighted by Crippen LogP contribution is 2.35. The summed E-state index contributed by atoms with van der Waals surface area (Å²) in [6.45, 7) is 1.33. The average Bonchev–Trinajstić information content (AvgIpc) is 2.22. The number of rotatable bonds is 3. The monoisotopic (exact) mass is 599 g/mol. The van der Waals surface area contributed by atoms with E-state index >= 15 is 0 Å². The first-order valence-electron chi connectivity index (χ1n) is 4.76. The van der Waals surface area contributed by atoms with Gasteiger partial charge in [-0.2, -0.15) is 0 Å². The van der Waals surface area contributed by atoms with Gasteiger partial charge in [0.1, 0.15) is 0 Å². The number of halogens is 3. The van der Waals surface area contributed by atoms with Crippen LogP contribution in [0.15, 0.2) is 0 Å². The van der Waals surface area contributed by atoms with Crippen molar-refractivity contribution in [2.75, 3.05) is 5.32 Å². The summed E-state index contributed by atoms with van der Waals surface area (Å²) >= 11 is 5.66. The van der Waals surface area contributed by atoms with Gasteiger partial charge < -0.3 is 16.8 Å². The third-order valence-electron chi connectivity index (χ3n) is 2.11. The van der Waals surface area contributed by atoms with E-state index in [1.165, 1.54) is 6.92 Å². The van der Waals surface area contributed by atoms with Crippen molar-refractivity contribution in [2.24, 2.45) is 11.5 Å². The topological polar surface area (TPSA) is 115 Å². The molecule has 0 unspecified atom stereocenters. The Labute approximate surface area is 149 Å². The number of nitrogens with one attached hydrogen (secondary N) is 1. The first-order chi connectivity index (χ1) is 8.68. The second-order valence-electron chi connectivity index (χ2n) is 3.48. The molecule has 9 heteroatoms. The van der Waals surface area contributed by atoms with Crippen molar-refractivity contribution in [2.45, 2.75) is 6.92 Å². The maximum Gasteiger partial charge on any atom is 0.250 e. The molecule has 0 aliphatic heterocycles. The van der Waals surface area contributed by atoms with Crippen molar-refractivity contribution >= 4 is 91.2 Å². The van der Waals surface area contributed by atoms with Gasteiger partial charge in [0.2, 0.25) is 5.91 Å². The maximum absolute atomic E-state index is 11.5. The molecular weight excluding hydrogens is 591 g/mol. The van der Waals surface area contributed by atoms with Gasteiger partial charge in [-0.25, -0.2) is 0 Å². The summed E-state index contributed by atoms with van der Waals surface area (Å²) in [5, 5.41) is 2.59. The minimum Gasteiger partial charge on any atom is -0.366 e. The molecule has 0 aliphatic carbocycles. The molecule has 6 nitrogen and oxygen atoms in total. The second-order valence-corrected chi connectivity index (χ2v) is 6.71. The van der Waals surface area contributed by atoms with Crippen molar-refractivity contribution in [1.82, 2.24) is 0 Å². The Morgan fingerprint density at radius 1 is 0.895 bits per heavy atom. The molecule has 19 heavy (non-hydrogen) atoms.